The van der Waals surface area contributed by atoms with E-state index in [0.29, 0.717) is 22.3 Å². The quantitative estimate of drug-likeness (QED) is 0.763. The number of fused-ring (bicyclic) bond motifs is 1. The Morgan fingerprint density at radius 3 is 2.74 bits per heavy atom. The first-order chi connectivity index (χ1) is 10.9. The molecule has 2 aliphatic heterocycles. The van der Waals surface area contributed by atoms with Gasteiger partial charge in [-0.2, -0.15) is 4.99 Å². The minimum atomic E-state index is -3.02. The van der Waals surface area contributed by atoms with E-state index in [2.05, 4.69) is 11.6 Å². The van der Waals surface area contributed by atoms with E-state index in [1.807, 2.05) is 4.90 Å². The number of halogens is 1. The van der Waals surface area contributed by atoms with Gasteiger partial charge in [0.15, 0.2) is 15.0 Å². The van der Waals surface area contributed by atoms with Gasteiger partial charge in [-0.05, 0) is 24.3 Å². The summed E-state index contributed by atoms with van der Waals surface area (Å²) in [5, 5.41) is 1.05. The fourth-order valence-corrected chi connectivity index (χ4v) is 6.82. The second kappa shape index (κ2) is 6.30. The lowest BCUT2D eigenvalue weighted by molar-refractivity contribution is 0.100. The molecule has 0 saturated carbocycles. The zero-order valence-electron chi connectivity index (χ0n) is 12.2. The van der Waals surface area contributed by atoms with Crippen LogP contribution in [0, 0.1) is 0 Å². The summed E-state index contributed by atoms with van der Waals surface area (Å²) in [5.74, 6) is -0.127. The lowest BCUT2D eigenvalue weighted by Crippen LogP contribution is -2.37. The third-order valence-corrected chi connectivity index (χ3v) is 7.29. The highest BCUT2D eigenvalue weighted by Gasteiger charge is 2.48. The summed E-state index contributed by atoms with van der Waals surface area (Å²) >= 11 is 7.17. The van der Waals surface area contributed by atoms with Gasteiger partial charge in [0.2, 0.25) is 0 Å². The predicted molar refractivity (Wildman–Crippen MR) is 93.9 cm³/mol. The molecule has 0 spiro atoms. The standard InChI is InChI=1S/C15H15ClN2O3S2/c1-2-7-18-12-8-23(20,21)9-13(12)22-15(18)17-14(19)10-3-5-11(16)6-4-10/h2-6,12-13H,1,7-9H2/t12-,13-/m0/s1. The van der Waals surface area contributed by atoms with Crippen molar-refractivity contribution in [2.24, 2.45) is 4.99 Å². The molecular formula is C15H15ClN2O3S2. The Morgan fingerprint density at radius 2 is 2.09 bits per heavy atom. The molecule has 0 radical (unpaired) electrons. The molecule has 2 fully saturated rings. The molecule has 2 heterocycles. The zero-order valence-corrected chi connectivity index (χ0v) is 14.6. The number of aliphatic imine (C=N–C) groups is 1. The number of amides is 1. The maximum atomic E-state index is 12.3. The van der Waals surface area contributed by atoms with Crippen LogP contribution in [-0.4, -0.2) is 53.7 Å². The largest absolute Gasteiger partial charge is 0.342 e. The molecule has 3 rings (SSSR count). The average Bonchev–Trinajstić information content (AvgIpc) is 2.93. The van der Waals surface area contributed by atoms with E-state index in [1.54, 1.807) is 30.3 Å². The maximum Gasteiger partial charge on any atom is 0.279 e. The second-order valence-corrected chi connectivity index (χ2v) is 9.24. The number of benzene rings is 1. The molecule has 2 saturated heterocycles. The van der Waals surface area contributed by atoms with Crippen molar-refractivity contribution in [1.29, 1.82) is 0 Å². The van der Waals surface area contributed by atoms with Crippen LogP contribution in [-0.2, 0) is 9.84 Å². The first kappa shape index (κ1) is 16.5. The highest BCUT2D eigenvalue weighted by Crippen LogP contribution is 2.38. The van der Waals surface area contributed by atoms with Crippen LogP contribution in [0.4, 0.5) is 0 Å². The number of thioether (sulfide) groups is 1. The minimum Gasteiger partial charge on any atom is -0.342 e. The first-order valence-electron chi connectivity index (χ1n) is 7.03. The van der Waals surface area contributed by atoms with Crippen LogP contribution in [0.3, 0.4) is 0 Å². The molecule has 0 N–H and O–H groups in total. The molecule has 1 aromatic rings. The summed E-state index contributed by atoms with van der Waals surface area (Å²) in [4.78, 5) is 18.3. The Morgan fingerprint density at radius 1 is 1.39 bits per heavy atom. The molecule has 2 aliphatic rings. The molecule has 0 unspecified atom stereocenters. The third-order valence-electron chi connectivity index (χ3n) is 3.79. The molecule has 0 aromatic heterocycles. The number of carbonyl (C=O) groups is 1. The van der Waals surface area contributed by atoms with Crippen molar-refractivity contribution in [1.82, 2.24) is 4.90 Å². The zero-order chi connectivity index (χ0) is 16.6. The fourth-order valence-electron chi connectivity index (χ4n) is 2.73. The van der Waals surface area contributed by atoms with Gasteiger partial charge in [0.25, 0.3) is 5.91 Å². The van der Waals surface area contributed by atoms with Gasteiger partial charge in [-0.15, -0.1) is 6.58 Å². The molecule has 0 bridgehead atoms. The SMILES string of the molecule is C=CCN1C(=NC(=O)c2ccc(Cl)cc2)S[C@H]2CS(=O)(=O)C[C@@H]21. The van der Waals surface area contributed by atoms with Crippen LogP contribution in [0.2, 0.25) is 5.02 Å². The molecule has 8 heteroatoms. The van der Waals surface area contributed by atoms with E-state index >= 15 is 0 Å². The van der Waals surface area contributed by atoms with Crippen molar-refractivity contribution in [3.63, 3.8) is 0 Å². The van der Waals surface area contributed by atoms with Crippen LogP contribution in [0.1, 0.15) is 10.4 Å². The number of hydrogen-bond donors (Lipinski definition) is 0. The van der Waals surface area contributed by atoms with Crippen LogP contribution in [0.15, 0.2) is 41.9 Å². The normalized spacial score (nSPS) is 27.2. The highest BCUT2D eigenvalue weighted by molar-refractivity contribution is 8.15. The van der Waals surface area contributed by atoms with E-state index < -0.39 is 9.84 Å². The number of rotatable bonds is 3. The van der Waals surface area contributed by atoms with E-state index in [4.69, 9.17) is 11.6 Å². The van der Waals surface area contributed by atoms with Crippen LogP contribution >= 0.6 is 23.4 Å². The molecule has 1 aromatic carbocycles. The molecule has 23 heavy (non-hydrogen) atoms. The van der Waals surface area contributed by atoms with E-state index in [0.717, 1.165) is 0 Å². The molecular weight excluding hydrogens is 356 g/mol. The first-order valence-corrected chi connectivity index (χ1v) is 10.1. The van der Waals surface area contributed by atoms with Gasteiger partial charge in [0.05, 0.1) is 17.5 Å². The molecule has 1 amide bonds. The summed E-state index contributed by atoms with van der Waals surface area (Å²) in [6.07, 6.45) is 1.69. The fraction of sp³-hybridized carbons (Fsp3) is 0.333. The van der Waals surface area contributed by atoms with Gasteiger partial charge in [-0.1, -0.05) is 29.4 Å². The van der Waals surface area contributed by atoms with Gasteiger partial charge in [-0.25, -0.2) is 8.42 Å². The Hall–Kier alpha value is -1.31. The number of amidine groups is 1. The van der Waals surface area contributed by atoms with Gasteiger partial charge in [0.1, 0.15) is 0 Å². The van der Waals surface area contributed by atoms with Crippen molar-refractivity contribution < 1.29 is 13.2 Å². The third kappa shape index (κ3) is 3.46. The second-order valence-electron chi connectivity index (χ2n) is 5.45. The summed E-state index contributed by atoms with van der Waals surface area (Å²) in [5.41, 5.74) is 0.450. The van der Waals surface area contributed by atoms with Crippen LogP contribution in [0.5, 0.6) is 0 Å². The number of hydrogen-bond acceptors (Lipinski definition) is 4. The van der Waals surface area contributed by atoms with Crippen molar-refractivity contribution >= 4 is 44.3 Å². The maximum absolute atomic E-state index is 12.3. The number of carbonyl (C=O) groups excluding carboxylic acids is 1. The summed E-state index contributed by atoms with van der Waals surface area (Å²) in [6, 6.07) is 6.38. The minimum absolute atomic E-state index is 0.0725. The van der Waals surface area contributed by atoms with Gasteiger partial charge in [0, 0.05) is 22.4 Å². The Balaban J connectivity index is 1.85. The Labute approximate surface area is 144 Å². The number of sulfone groups is 1. The van der Waals surface area contributed by atoms with Crippen LogP contribution < -0.4 is 0 Å². The summed E-state index contributed by atoms with van der Waals surface area (Å²) in [6.45, 7) is 4.17. The lowest BCUT2D eigenvalue weighted by Gasteiger charge is -2.22. The average molecular weight is 371 g/mol. The topological polar surface area (TPSA) is 66.8 Å². The van der Waals surface area contributed by atoms with Crippen molar-refractivity contribution in [2.75, 3.05) is 18.1 Å². The molecule has 2 atom stereocenters. The summed E-state index contributed by atoms with van der Waals surface area (Å²) < 4.78 is 23.6. The monoisotopic (exact) mass is 370 g/mol. The smallest absolute Gasteiger partial charge is 0.279 e. The molecule has 122 valence electrons. The van der Waals surface area contributed by atoms with Crippen molar-refractivity contribution in [2.45, 2.75) is 11.3 Å². The van der Waals surface area contributed by atoms with E-state index in [-0.39, 0.29) is 28.7 Å². The van der Waals surface area contributed by atoms with E-state index in [1.165, 1.54) is 11.8 Å². The van der Waals surface area contributed by atoms with Crippen molar-refractivity contribution in [3.8, 4) is 0 Å². The lowest BCUT2D eigenvalue weighted by atomic mass is 10.2. The molecule has 0 aliphatic carbocycles. The summed E-state index contributed by atoms with van der Waals surface area (Å²) in [7, 11) is -3.02. The van der Waals surface area contributed by atoms with E-state index in [9.17, 15) is 13.2 Å². The molecule has 5 nitrogen and oxygen atoms in total. The Kier molecular flexibility index (Phi) is 4.53. The van der Waals surface area contributed by atoms with Gasteiger partial charge >= 0.3 is 0 Å². The highest BCUT2D eigenvalue weighted by atomic mass is 35.5. The van der Waals surface area contributed by atoms with Gasteiger partial charge < -0.3 is 4.90 Å². The van der Waals surface area contributed by atoms with Crippen molar-refractivity contribution in [3.05, 3.63) is 47.5 Å². The van der Waals surface area contributed by atoms with Crippen LogP contribution in [0.25, 0.3) is 0 Å². The predicted octanol–water partition coefficient (Wildman–Crippen LogP) is 2.24. The number of nitrogens with zero attached hydrogens (tertiary/aromatic N) is 2. The van der Waals surface area contributed by atoms with Gasteiger partial charge in [-0.3, -0.25) is 4.79 Å². The Bertz CT molecular complexity index is 774.